The van der Waals surface area contributed by atoms with Gasteiger partial charge in [0, 0.05) is 18.6 Å². The van der Waals surface area contributed by atoms with Gasteiger partial charge in [-0.1, -0.05) is 6.07 Å². The summed E-state index contributed by atoms with van der Waals surface area (Å²) in [5, 5.41) is 0. The zero-order valence-electron chi connectivity index (χ0n) is 8.21. The second-order valence-electron chi connectivity index (χ2n) is 3.25. The van der Waals surface area contributed by atoms with Crippen LogP contribution in [-0.4, -0.2) is 19.4 Å². The minimum Gasteiger partial charge on any atom is -0.282 e. The van der Waals surface area contributed by atoms with Crippen molar-refractivity contribution in [3.05, 3.63) is 47.5 Å². The lowest BCUT2D eigenvalue weighted by atomic mass is 10.3. The van der Waals surface area contributed by atoms with Gasteiger partial charge in [0.05, 0.1) is 0 Å². The summed E-state index contributed by atoms with van der Waals surface area (Å²) < 4.78 is 2.64. The lowest BCUT2D eigenvalue weighted by Crippen LogP contribution is -1.91. The highest BCUT2D eigenvalue weighted by Gasteiger charge is 2.11. The number of imidazole rings is 1. The van der Waals surface area contributed by atoms with Crippen LogP contribution in [0.4, 0.5) is 0 Å². The Morgan fingerprint density at radius 1 is 1.06 bits per heavy atom. The molecule has 16 heavy (non-hydrogen) atoms. The molecule has 0 aliphatic carbocycles. The summed E-state index contributed by atoms with van der Waals surface area (Å²) >= 11 is 3.39. The number of hydrogen-bond acceptors (Lipinski definition) is 3. The van der Waals surface area contributed by atoms with Gasteiger partial charge in [0.2, 0.25) is 0 Å². The zero-order chi connectivity index (χ0) is 11.0. The van der Waals surface area contributed by atoms with Crippen LogP contribution in [0.1, 0.15) is 0 Å². The number of aromatic nitrogens is 4. The van der Waals surface area contributed by atoms with E-state index in [1.165, 1.54) is 0 Å². The number of nitrogens with zero attached hydrogens (tertiary/aromatic N) is 4. The average molecular weight is 275 g/mol. The van der Waals surface area contributed by atoms with Crippen LogP contribution in [0.25, 0.3) is 17.2 Å². The van der Waals surface area contributed by atoms with Gasteiger partial charge in [-0.3, -0.25) is 9.38 Å². The predicted octanol–water partition coefficient (Wildman–Crippen LogP) is 2.55. The summed E-state index contributed by atoms with van der Waals surface area (Å²) in [6.07, 6.45) is 5.41. The van der Waals surface area contributed by atoms with Crippen molar-refractivity contribution < 1.29 is 0 Å². The first-order valence-electron chi connectivity index (χ1n) is 4.76. The summed E-state index contributed by atoms with van der Waals surface area (Å²) in [5.41, 5.74) is 1.62. The fraction of sp³-hybridized carbons (Fsp3) is 0. The van der Waals surface area contributed by atoms with Crippen LogP contribution < -0.4 is 0 Å². The Bertz CT molecular complexity index is 633. The van der Waals surface area contributed by atoms with Crippen molar-refractivity contribution >= 4 is 21.6 Å². The highest BCUT2D eigenvalue weighted by Crippen LogP contribution is 2.22. The molecule has 3 aromatic heterocycles. The maximum absolute atomic E-state index is 4.41. The molecule has 5 heteroatoms. The molecule has 0 saturated heterocycles. The van der Waals surface area contributed by atoms with E-state index in [1.807, 2.05) is 34.9 Å². The zero-order valence-corrected chi connectivity index (χ0v) is 9.79. The summed E-state index contributed by atoms with van der Waals surface area (Å²) in [5.74, 6) is 0.788. The lowest BCUT2D eigenvalue weighted by Gasteiger charge is -1.98. The maximum atomic E-state index is 4.41. The molecule has 3 rings (SSSR count). The molecule has 0 N–H and O–H groups in total. The van der Waals surface area contributed by atoms with E-state index < -0.39 is 0 Å². The Hall–Kier alpha value is -1.75. The van der Waals surface area contributed by atoms with Gasteiger partial charge in [-0.2, -0.15) is 0 Å². The van der Waals surface area contributed by atoms with Crippen molar-refractivity contribution in [2.24, 2.45) is 0 Å². The van der Waals surface area contributed by atoms with E-state index in [-0.39, 0.29) is 0 Å². The minimum absolute atomic E-state index is 0.730. The van der Waals surface area contributed by atoms with Crippen molar-refractivity contribution in [3.8, 4) is 11.5 Å². The Labute approximate surface area is 100 Å². The minimum atomic E-state index is 0.730. The van der Waals surface area contributed by atoms with E-state index in [9.17, 15) is 0 Å². The molecule has 0 unspecified atom stereocenters. The number of pyridine rings is 1. The van der Waals surface area contributed by atoms with E-state index in [0.717, 1.165) is 21.8 Å². The second-order valence-corrected chi connectivity index (χ2v) is 4.01. The molecule has 0 atom stereocenters. The Kier molecular flexibility index (Phi) is 2.18. The quantitative estimate of drug-likeness (QED) is 0.685. The van der Waals surface area contributed by atoms with Crippen LogP contribution in [0.5, 0.6) is 0 Å². The van der Waals surface area contributed by atoms with Crippen LogP contribution in [-0.2, 0) is 0 Å². The fourth-order valence-electron chi connectivity index (χ4n) is 1.57. The summed E-state index contributed by atoms with van der Waals surface area (Å²) in [6, 6.07) is 7.61. The van der Waals surface area contributed by atoms with E-state index in [4.69, 9.17) is 0 Å². The molecule has 0 aromatic carbocycles. The molecule has 0 saturated carbocycles. The van der Waals surface area contributed by atoms with Gasteiger partial charge in [-0.25, -0.2) is 9.97 Å². The van der Waals surface area contributed by atoms with Gasteiger partial charge in [0.25, 0.3) is 0 Å². The molecule has 3 heterocycles. The van der Waals surface area contributed by atoms with Crippen molar-refractivity contribution in [3.63, 3.8) is 0 Å². The van der Waals surface area contributed by atoms with Gasteiger partial charge in [-0.05, 0) is 34.1 Å². The Morgan fingerprint density at radius 2 is 1.94 bits per heavy atom. The standard InChI is InChI=1S/C11H7BrN4/c12-9-11-14-6-3-7-16(11)10(15-9)8-4-1-2-5-13-8/h1-7H. The first-order valence-corrected chi connectivity index (χ1v) is 5.55. The summed E-state index contributed by atoms with van der Waals surface area (Å²) in [6.45, 7) is 0. The monoisotopic (exact) mass is 274 g/mol. The van der Waals surface area contributed by atoms with E-state index in [2.05, 4.69) is 30.9 Å². The first-order chi connectivity index (χ1) is 7.86. The van der Waals surface area contributed by atoms with Crippen molar-refractivity contribution in [1.29, 1.82) is 0 Å². The molecule has 0 bridgehead atoms. The third-order valence-corrected chi connectivity index (χ3v) is 2.79. The molecule has 0 aliphatic heterocycles. The predicted molar refractivity (Wildman–Crippen MR) is 63.9 cm³/mol. The van der Waals surface area contributed by atoms with E-state index in [0.29, 0.717) is 0 Å². The SMILES string of the molecule is Brc1nc(-c2ccccn2)n2cccnc12. The second kappa shape index (κ2) is 3.68. The maximum Gasteiger partial charge on any atom is 0.171 e. The van der Waals surface area contributed by atoms with Crippen molar-refractivity contribution in [2.45, 2.75) is 0 Å². The topological polar surface area (TPSA) is 43.1 Å². The van der Waals surface area contributed by atoms with Crippen LogP contribution in [0.15, 0.2) is 47.5 Å². The normalized spacial score (nSPS) is 10.8. The number of halogens is 1. The third-order valence-electron chi connectivity index (χ3n) is 2.26. The molecule has 78 valence electrons. The molecule has 0 amide bonds. The van der Waals surface area contributed by atoms with Crippen molar-refractivity contribution in [1.82, 2.24) is 19.4 Å². The van der Waals surface area contributed by atoms with Gasteiger partial charge < -0.3 is 0 Å². The van der Waals surface area contributed by atoms with Gasteiger partial charge in [-0.15, -0.1) is 0 Å². The van der Waals surface area contributed by atoms with Crippen LogP contribution in [0.3, 0.4) is 0 Å². The molecular formula is C11H7BrN4. The Balaban J connectivity index is 2.33. The van der Waals surface area contributed by atoms with Gasteiger partial charge >= 0.3 is 0 Å². The molecule has 0 spiro atoms. The number of hydrogen-bond donors (Lipinski definition) is 0. The molecule has 3 aromatic rings. The lowest BCUT2D eigenvalue weighted by molar-refractivity contribution is 1.10. The summed E-state index contributed by atoms with van der Waals surface area (Å²) in [4.78, 5) is 12.9. The first kappa shape index (κ1) is 9.47. The molecule has 0 radical (unpaired) electrons. The molecule has 0 fully saturated rings. The average Bonchev–Trinajstić information content (AvgIpc) is 2.69. The fourth-order valence-corrected chi connectivity index (χ4v) is 2.03. The third kappa shape index (κ3) is 1.40. The van der Waals surface area contributed by atoms with Crippen LogP contribution >= 0.6 is 15.9 Å². The molecule has 4 nitrogen and oxygen atoms in total. The highest BCUT2D eigenvalue weighted by atomic mass is 79.9. The molecule has 0 aliphatic rings. The number of rotatable bonds is 1. The van der Waals surface area contributed by atoms with Crippen LogP contribution in [0, 0.1) is 0 Å². The van der Waals surface area contributed by atoms with Gasteiger partial charge in [0.1, 0.15) is 5.69 Å². The van der Waals surface area contributed by atoms with E-state index >= 15 is 0 Å². The number of fused-ring (bicyclic) bond motifs is 1. The Morgan fingerprint density at radius 3 is 2.75 bits per heavy atom. The highest BCUT2D eigenvalue weighted by molar-refractivity contribution is 9.10. The van der Waals surface area contributed by atoms with Gasteiger partial charge in [0.15, 0.2) is 16.1 Å². The summed E-state index contributed by atoms with van der Waals surface area (Å²) in [7, 11) is 0. The van der Waals surface area contributed by atoms with E-state index in [1.54, 1.807) is 12.4 Å². The largest absolute Gasteiger partial charge is 0.282 e. The molecular weight excluding hydrogens is 268 g/mol. The van der Waals surface area contributed by atoms with Crippen LogP contribution in [0.2, 0.25) is 0 Å². The van der Waals surface area contributed by atoms with Crippen molar-refractivity contribution in [2.75, 3.05) is 0 Å². The smallest absolute Gasteiger partial charge is 0.171 e.